The van der Waals surface area contributed by atoms with E-state index in [1.807, 2.05) is 7.05 Å². The number of nitrogens with zero attached hydrogens (tertiary/aromatic N) is 2. The summed E-state index contributed by atoms with van der Waals surface area (Å²) in [4.78, 5) is 9.46. The van der Waals surface area contributed by atoms with Gasteiger partial charge in [0.05, 0.1) is 0 Å². The Kier molecular flexibility index (Phi) is 3.81. The van der Waals surface area contributed by atoms with Gasteiger partial charge in [-0.15, -0.1) is 0 Å². The van der Waals surface area contributed by atoms with Gasteiger partial charge in [0, 0.05) is 24.6 Å². The van der Waals surface area contributed by atoms with Crippen molar-refractivity contribution in [2.24, 2.45) is 5.92 Å². The van der Waals surface area contributed by atoms with Crippen molar-refractivity contribution in [1.82, 2.24) is 9.97 Å². The lowest BCUT2D eigenvalue weighted by Gasteiger charge is -2.28. The second-order valence-electron chi connectivity index (χ2n) is 6.54. The molecule has 20 heavy (non-hydrogen) atoms. The molecule has 3 rings (SSSR count). The van der Waals surface area contributed by atoms with Gasteiger partial charge in [0.15, 0.2) is 0 Å². The predicted octanol–water partition coefficient (Wildman–Crippen LogP) is 3.69. The first-order valence-electron chi connectivity index (χ1n) is 8.00. The van der Waals surface area contributed by atoms with E-state index in [0.29, 0.717) is 12.0 Å². The number of nitrogens with one attached hydrogen (secondary N) is 2. The lowest BCUT2D eigenvalue weighted by molar-refractivity contribution is 0.358. The van der Waals surface area contributed by atoms with E-state index in [-0.39, 0.29) is 0 Å². The summed E-state index contributed by atoms with van der Waals surface area (Å²) in [6.07, 6.45) is 7.71. The first-order valence-corrected chi connectivity index (χ1v) is 8.00. The SMILES string of the molecule is CNc1nc(C2CC2)nc(NC2CCCC(C)C2)c1C. The Morgan fingerprint density at radius 3 is 2.45 bits per heavy atom. The molecule has 0 aliphatic heterocycles. The Balaban J connectivity index is 1.81. The minimum Gasteiger partial charge on any atom is -0.373 e. The molecule has 2 N–H and O–H groups in total. The molecular formula is C16H26N4. The molecule has 1 aromatic heterocycles. The van der Waals surface area contributed by atoms with Crippen LogP contribution in [0.15, 0.2) is 0 Å². The van der Waals surface area contributed by atoms with Gasteiger partial charge < -0.3 is 10.6 Å². The van der Waals surface area contributed by atoms with Crippen LogP contribution in [-0.4, -0.2) is 23.1 Å². The molecule has 4 heteroatoms. The molecule has 0 aromatic carbocycles. The molecule has 1 heterocycles. The third-order valence-corrected chi connectivity index (χ3v) is 4.62. The average Bonchev–Trinajstić information content (AvgIpc) is 3.25. The smallest absolute Gasteiger partial charge is 0.136 e. The van der Waals surface area contributed by atoms with Gasteiger partial charge in [-0.25, -0.2) is 9.97 Å². The normalized spacial score (nSPS) is 26.4. The van der Waals surface area contributed by atoms with Gasteiger partial charge in [-0.05, 0) is 38.5 Å². The Hall–Kier alpha value is -1.32. The van der Waals surface area contributed by atoms with E-state index >= 15 is 0 Å². The van der Waals surface area contributed by atoms with E-state index in [2.05, 4.69) is 29.5 Å². The van der Waals surface area contributed by atoms with Crippen molar-refractivity contribution in [3.05, 3.63) is 11.4 Å². The maximum Gasteiger partial charge on any atom is 0.136 e. The number of anilines is 2. The summed E-state index contributed by atoms with van der Waals surface area (Å²) in [5.41, 5.74) is 1.15. The second kappa shape index (κ2) is 5.58. The first-order chi connectivity index (χ1) is 9.67. The van der Waals surface area contributed by atoms with E-state index in [9.17, 15) is 0 Å². The largest absolute Gasteiger partial charge is 0.373 e. The molecule has 2 aliphatic rings. The fourth-order valence-electron chi connectivity index (χ4n) is 3.20. The van der Waals surface area contributed by atoms with E-state index in [0.717, 1.165) is 28.9 Å². The summed E-state index contributed by atoms with van der Waals surface area (Å²) in [6.45, 7) is 4.46. The summed E-state index contributed by atoms with van der Waals surface area (Å²) < 4.78 is 0. The van der Waals surface area contributed by atoms with Crippen molar-refractivity contribution in [3.63, 3.8) is 0 Å². The van der Waals surface area contributed by atoms with Crippen LogP contribution in [0.1, 0.15) is 62.8 Å². The Bertz CT molecular complexity index is 482. The average molecular weight is 274 g/mol. The molecule has 110 valence electrons. The lowest BCUT2D eigenvalue weighted by atomic mass is 9.87. The van der Waals surface area contributed by atoms with Crippen LogP contribution < -0.4 is 10.6 Å². The third kappa shape index (κ3) is 2.89. The fourth-order valence-corrected chi connectivity index (χ4v) is 3.20. The highest BCUT2D eigenvalue weighted by Gasteiger charge is 2.28. The molecule has 0 radical (unpaired) electrons. The molecule has 1 aromatic rings. The third-order valence-electron chi connectivity index (χ3n) is 4.62. The molecule has 2 saturated carbocycles. The molecule has 0 bridgehead atoms. The van der Waals surface area contributed by atoms with Crippen molar-refractivity contribution in [3.8, 4) is 0 Å². The lowest BCUT2D eigenvalue weighted by Crippen LogP contribution is -2.27. The summed E-state index contributed by atoms with van der Waals surface area (Å²) in [5.74, 6) is 4.47. The number of rotatable bonds is 4. The highest BCUT2D eigenvalue weighted by Crippen LogP contribution is 2.39. The van der Waals surface area contributed by atoms with Gasteiger partial charge in [0.25, 0.3) is 0 Å². The maximum absolute atomic E-state index is 4.80. The van der Waals surface area contributed by atoms with Crippen LogP contribution in [0.25, 0.3) is 0 Å². The van der Waals surface area contributed by atoms with Gasteiger partial charge in [0.2, 0.25) is 0 Å². The highest BCUT2D eigenvalue weighted by molar-refractivity contribution is 5.57. The minimum absolute atomic E-state index is 0.573. The van der Waals surface area contributed by atoms with Crippen LogP contribution >= 0.6 is 0 Å². The molecule has 0 spiro atoms. The maximum atomic E-state index is 4.80. The number of hydrogen-bond donors (Lipinski definition) is 2. The van der Waals surface area contributed by atoms with Crippen LogP contribution in [0.2, 0.25) is 0 Å². The van der Waals surface area contributed by atoms with Crippen LogP contribution in [0.4, 0.5) is 11.6 Å². The van der Waals surface area contributed by atoms with Crippen molar-refractivity contribution >= 4 is 11.6 Å². The topological polar surface area (TPSA) is 49.8 Å². The van der Waals surface area contributed by atoms with Gasteiger partial charge in [0.1, 0.15) is 17.5 Å². The zero-order valence-electron chi connectivity index (χ0n) is 12.9. The minimum atomic E-state index is 0.573. The standard InChI is InChI=1S/C16H26N4/c1-10-5-4-6-13(9-10)18-15-11(2)14(17-3)19-16(20-15)12-7-8-12/h10,12-13H,4-9H2,1-3H3,(H2,17,18,19,20). The van der Waals surface area contributed by atoms with Gasteiger partial charge in [-0.2, -0.15) is 0 Å². The van der Waals surface area contributed by atoms with Crippen LogP contribution in [-0.2, 0) is 0 Å². The Morgan fingerprint density at radius 1 is 1.05 bits per heavy atom. The molecule has 0 saturated heterocycles. The summed E-state index contributed by atoms with van der Waals surface area (Å²) >= 11 is 0. The Labute approximate surface area is 121 Å². The summed E-state index contributed by atoms with van der Waals surface area (Å²) in [7, 11) is 1.94. The van der Waals surface area contributed by atoms with E-state index < -0.39 is 0 Å². The zero-order valence-corrected chi connectivity index (χ0v) is 12.9. The van der Waals surface area contributed by atoms with Gasteiger partial charge >= 0.3 is 0 Å². The molecule has 2 aliphatic carbocycles. The first kappa shape index (κ1) is 13.7. The molecule has 2 fully saturated rings. The summed E-state index contributed by atoms with van der Waals surface area (Å²) in [5, 5.41) is 6.90. The molecule has 2 atom stereocenters. The highest BCUT2D eigenvalue weighted by atomic mass is 15.1. The van der Waals surface area contributed by atoms with E-state index in [1.165, 1.54) is 38.5 Å². The van der Waals surface area contributed by atoms with Crippen LogP contribution in [0, 0.1) is 12.8 Å². The van der Waals surface area contributed by atoms with E-state index in [1.54, 1.807) is 0 Å². The monoisotopic (exact) mass is 274 g/mol. The predicted molar refractivity (Wildman–Crippen MR) is 83.3 cm³/mol. The fraction of sp³-hybridized carbons (Fsp3) is 0.750. The van der Waals surface area contributed by atoms with Crippen molar-refractivity contribution in [1.29, 1.82) is 0 Å². The van der Waals surface area contributed by atoms with Crippen LogP contribution in [0.5, 0.6) is 0 Å². The molecular weight excluding hydrogens is 248 g/mol. The van der Waals surface area contributed by atoms with Gasteiger partial charge in [-0.3, -0.25) is 0 Å². The van der Waals surface area contributed by atoms with Crippen molar-refractivity contribution in [2.45, 2.75) is 64.3 Å². The van der Waals surface area contributed by atoms with Crippen molar-refractivity contribution in [2.75, 3.05) is 17.7 Å². The van der Waals surface area contributed by atoms with Crippen LogP contribution in [0.3, 0.4) is 0 Å². The van der Waals surface area contributed by atoms with Crippen molar-refractivity contribution < 1.29 is 0 Å². The molecule has 4 nitrogen and oxygen atoms in total. The Morgan fingerprint density at radius 2 is 1.80 bits per heavy atom. The van der Waals surface area contributed by atoms with Gasteiger partial charge in [-0.1, -0.05) is 19.8 Å². The summed E-state index contributed by atoms with van der Waals surface area (Å²) in [6, 6.07) is 0.573. The molecule has 2 unspecified atom stereocenters. The van der Waals surface area contributed by atoms with E-state index in [4.69, 9.17) is 4.98 Å². The molecule has 0 amide bonds. The number of aromatic nitrogens is 2. The zero-order chi connectivity index (χ0) is 14.1. The quantitative estimate of drug-likeness (QED) is 0.879. The second-order valence-corrected chi connectivity index (χ2v) is 6.54. The number of hydrogen-bond acceptors (Lipinski definition) is 4.